The lowest BCUT2D eigenvalue weighted by Gasteiger charge is -2.19. The molecule has 3 N–H and O–H groups in total. The summed E-state index contributed by atoms with van der Waals surface area (Å²) in [5, 5.41) is 3.01. The quantitative estimate of drug-likeness (QED) is 0.664. The van der Waals surface area contributed by atoms with Gasteiger partial charge in [-0.3, -0.25) is 4.79 Å². The molecule has 1 saturated carbocycles. The van der Waals surface area contributed by atoms with Gasteiger partial charge in [0, 0.05) is 13.0 Å². The van der Waals surface area contributed by atoms with Crippen LogP contribution in [-0.2, 0) is 4.79 Å². The Hall–Kier alpha value is -0.570. The molecular formula is C13H26N2O. The summed E-state index contributed by atoms with van der Waals surface area (Å²) in [6.07, 6.45) is 5.26. The van der Waals surface area contributed by atoms with Gasteiger partial charge >= 0.3 is 0 Å². The summed E-state index contributed by atoms with van der Waals surface area (Å²) in [4.78, 5) is 11.6. The monoisotopic (exact) mass is 226 g/mol. The molecule has 1 aliphatic carbocycles. The normalized spacial score (nSPS) is 17.5. The fourth-order valence-corrected chi connectivity index (χ4v) is 2.01. The summed E-state index contributed by atoms with van der Waals surface area (Å²) in [6.45, 7) is 6.04. The summed E-state index contributed by atoms with van der Waals surface area (Å²) in [5.41, 5.74) is 5.58. The first-order valence-electron chi connectivity index (χ1n) is 6.60. The predicted octanol–water partition coefficient (Wildman–Crippen LogP) is 1.91. The smallest absolute Gasteiger partial charge is 0.220 e. The Kier molecular flexibility index (Phi) is 5.81. The van der Waals surface area contributed by atoms with Crippen molar-refractivity contribution in [2.45, 2.75) is 46.0 Å². The van der Waals surface area contributed by atoms with Crippen molar-refractivity contribution in [3.05, 3.63) is 0 Å². The summed E-state index contributed by atoms with van der Waals surface area (Å²) in [6, 6.07) is 0. The van der Waals surface area contributed by atoms with Crippen LogP contribution < -0.4 is 11.1 Å². The van der Waals surface area contributed by atoms with Crippen LogP contribution in [0.4, 0.5) is 0 Å². The predicted molar refractivity (Wildman–Crippen MR) is 67.0 cm³/mol. The van der Waals surface area contributed by atoms with Crippen molar-refractivity contribution >= 4 is 5.91 Å². The van der Waals surface area contributed by atoms with Gasteiger partial charge in [0.1, 0.15) is 0 Å². The van der Waals surface area contributed by atoms with Crippen molar-refractivity contribution in [2.75, 3.05) is 13.1 Å². The second-order valence-corrected chi connectivity index (χ2v) is 5.37. The molecule has 0 heterocycles. The molecule has 0 spiro atoms. The Morgan fingerprint density at radius 2 is 2.06 bits per heavy atom. The van der Waals surface area contributed by atoms with E-state index in [4.69, 9.17) is 5.73 Å². The van der Waals surface area contributed by atoms with Crippen LogP contribution in [0.1, 0.15) is 46.0 Å². The topological polar surface area (TPSA) is 55.1 Å². The van der Waals surface area contributed by atoms with Gasteiger partial charge in [-0.15, -0.1) is 0 Å². The molecule has 0 aromatic heterocycles. The molecule has 3 nitrogen and oxygen atoms in total. The lowest BCUT2D eigenvalue weighted by Crippen LogP contribution is -2.26. The standard InChI is InChI=1S/C13H26N2O/c1-10(2)12(7-8-14)5-6-13(16)15-9-11-3-4-11/h10-12H,3-9,14H2,1-2H3,(H,15,16). The highest BCUT2D eigenvalue weighted by atomic mass is 16.1. The molecule has 1 amide bonds. The molecule has 1 atom stereocenters. The van der Waals surface area contributed by atoms with E-state index in [0.717, 1.165) is 31.8 Å². The second kappa shape index (κ2) is 6.89. The van der Waals surface area contributed by atoms with Crippen LogP contribution in [0.3, 0.4) is 0 Å². The summed E-state index contributed by atoms with van der Waals surface area (Å²) in [5.74, 6) is 2.21. The van der Waals surface area contributed by atoms with Crippen LogP contribution in [0.25, 0.3) is 0 Å². The van der Waals surface area contributed by atoms with E-state index in [-0.39, 0.29) is 5.91 Å². The number of carbonyl (C=O) groups excluding carboxylic acids is 1. The first-order valence-corrected chi connectivity index (χ1v) is 6.60. The maximum Gasteiger partial charge on any atom is 0.220 e. The number of nitrogens with two attached hydrogens (primary N) is 1. The maximum atomic E-state index is 11.6. The van der Waals surface area contributed by atoms with E-state index in [0.29, 0.717) is 18.3 Å². The van der Waals surface area contributed by atoms with Gasteiger partial charge in [-0.1, -0.05) is 13.8 Å². The van der Waals surface area contributed by atoms with E-state index in [1.54, 1.807) is 0 Å². The minimum absolute atomic E-state index is 0.217. The summed E-state index contributed by atoms with van der Waals surface area (Å²) < 4.78 is 0. The summed E-state index contributed by atoms with van der Waals surface area (Å²) >= 11 is 0. The van der Waals surface area contributed by atoms with Crippen molar-refractivity contribution < 1.29 is 4.79 Å². The molecule has 1 rings (SSSR count). The molecule has 0 bridgehead atoms. The van der Waals surface area contributed by atoms with Crippen molar-refractivity contribution in [2.24, 2.45) is 23.5 Å². The molecule has 16 heavy (non-hydrogen) atoms. The number of hydrogen-bond donors (Lipinski definition) is 2. The highest BCUT2D eigenvalue weighted by Crippen LogP contribution is 2.27. The fraction of sp³-hybridized carbons (Fsp3) is 0.923. The molecule has 0 aromatic carbocycles. The average Bonchev–Trinajstić information content (AvgIpc) is 3.04. The number of hydrogen-bond acceptors (Lipinski definition) is 2. The largest absolute Gasteiger partial charge is 0.356 e. The van der Waals surface area contributed by atoms with E-state index in [1.807, 2.05) is 0 Å². The molecule has 0 saturated heterocycles. The molecule has 1 aliphatic rings. The Balaban J connectivity index is 2.11. The zero-order valence-electron chi connectivity index (χ0n) is 10.7. The van der Waals surface area contributed by atoms with Gasteiger partial charge in [-0.2, -0.15) is 0 Å². The maximum absolute atomic E-state index is 11.6. The van der Waals surface area contributed by atoms with Crippen molar-refractivity contribution in [3.8, 4) is 0 Å². The van der Waals surface area contributed by atoms with Gasteiger partial charge in [-0.05, 0) is 50.0 Å². The number of carbonyl (C=O) groups is 1. The minimum atomic E-state index is 0.217. The molecule has 0 aromatic rings. The molecule has 0 radical (unpaired) electrons. The Labute approximate surface area is 99.2 Å². The SMILES string of the molecule is CC(C)C(CCN)CCC(=O)NCC1CC1. The van der Waals surface area contributed by atoms with Crippen molar-refractivity contribution in [1.29, 1.82) is 0 Å². The number of amides is 1. The summed E-state index contributed by atoms with van der Waals surface area (Å²) in [7, 11) is 0. The highest BCUT2D eigenvalue weighted by molar-refractivity contribution is 5.75. The van der Waals surface area contributed by atoms with Crippen LogP contribution in [0.5, 0.6) is 0 Å². The third-order valence-electron chi connectivity index (χ3n) is 3.51. The first kappa shape index (κ1) is 13.5. The zero-order chi connectivity index (χ0) is 12.0. The van der Waals surface area contributed by atoms with Gasteiger partial charge in [0.05, 0.1) is 0 Å². The van der Waals surface area contributed by atoms with Gasteiger partial charge in [0.2, 0.25) is 5.91 Å². The third-order valence-corrected chi connectivity index (χ3v) is 3.51. The molecule has 1 unspecified atom stereocenters. The average molecular weight is 226 g/mol. The van der Waals surface area contributed by atoms with Crippen molar-refractivity contribution in [1.82, 2.24) is 5.32 Å². The Morgan fingerprint density at radius 3 is 2.56 bits per heavy atom. The molecule has 94 valence electrons. The van der Waals surface area contributed by atoms with Crippen LogP contribution in [-0.4, -0.2) is 19.0 Å². The fourth-order valence-electron chi connectivity index (χ4n) is 2.01. The van der Waals surface area contributed by atoms with E-state index in [9.17, 15) is 4.79 Å². The third kappa shape index (κ3) is 5.50. The van der Waals surface area contributed by atoms with Gasteiger partial charge < -0.3 is 11.1 Å². The van der Waals surface area contributed by atoms with E-state index in [2.05, 4.69) is 19.2 Å². The van der Waals surface area contributed by atoms with E-state index in [1.165, 1.54) is 12.8 Å². The van der Waals surface area contributed by atoms with Gasteiger partial charge in [0.15, 0.2) is 0 Å². The van der Waals surface area contributed by atoms with Crippen LogP contribution in [0, 0.1) is 17.8 Å². The molecule has 3 heteroatoms. The van der Waals surface area contributed by atoms with Crippen LogP contribution in [0.15, 0.2) is 0 Å². The lowest BCUT2D eigenvalue weighted by atomic mass is 9.88. The van der Waals surface area contributed by atoms with E-state index < -0.39 is 0 Å². The minimum Gasteiger partial charge on any atom is -0.356 e. The van der Waals surface area contributed by atoms with E-state index >= 15 is 0 Å². The van der Waals surface area contributed by atoms with Gasteiger partial charge in [0.25, 0.3) is 0 Å². The van der Waals surface area contributed by atoms with Crippen molar-refractivity contribution in [3.63, 3.8) is 0 Å². The van der Waals surface area contributed by atoms with Crippen LogP contribution in [0.2, 0.25) is 0 Å². The van der Waals surface area contributed by atoms with Gasteiger partial charge in [-0.25, -0.2) is 0 Å². The molecular weight excluding hydrogens is 200 g/mol. The first-order chi connectivity index (χ1) is 7.63. The molecule has 0 aliphatic heterocycles. The Bertz CT molecular complexity index is 212. The van der Waals surface area contributed by atoms with Crippen LogP contribution >= 0.6 is 0 Å². The zero-order valence-corrected chi connectivity index (χ0v) is 10.7. The number of nitrogens with one attached hydrogen (secondary N) is 1. The molecule has 1 fully saturated rings. The Morgan fingerprint density at radius 1 is 1.38 bits per heavy atom. The second-order valence-electron chi connectivity index (χ2n) is 5.37. The highest BCUT2D eigenvalue weighted by Gasteiger charge is 2.21. The lowest BCUT2D eigenvalue weighted by molar-refractivity contribution is -0.121. The number of rotatable bonds is 8.